The normalized spacial score (nSPS) is 30.7. The van der Waals surface area contributed by atoms with Gasteiger partial charge in [0.05, 0.1) is 51.7 Å². The monoisotopic (exact) mass is 476 g/mol. The summed E-state index contributed by atoms with van der Waals surface area (Å²) in [5.74, 6) is 0.532. The third-order valence-electron chi connectivity index (χ3n) is 7.91. The number of carbonyl (C=O) groups is 1. The van der Waals surface area contributed by atoms with E-state index in [0.29, 0.717) is 31.1 Å². The molecule has 4 atom stereocenters. The molecule has 0 amide bonds. The van der Waals surface area contributed by atoms with Gasteiger partial charge in [-0.1, -0.05) is 6.07 Å². The first kappa shape index (κ1) is 23.9. The molecule has 2 aliphatic heterocycles. The van der Waals surface area contributed by atoms with E-state index in [4.69, 9.17) is 28.4 Å². The molecule has 5 rings (SSSR count). The Bertz CT molecular complexity index is 931. The van der Waals surface area contributed by atoms with Gasteiger partial charge < -0.3 is 33.5 Å². The second-order valence-corrected chi connectivity index (χ2v) is 10.8. The van der Waals surface area contributed by atoms with Gasteiger partial charge in [0.15, 0.2) is 17.6 Å². The van der Waals surface area contributed by atoms with Crippen molar-refractivity contribution >= 4 is 5.97 Å². The number of ether oxygens (including phenoxy) is 6. The van der Waals surface area contributed by atoms with Crippen molar-refractivity contribution in [1.82, 2.24) is 0 Å². The maximum absolute atomic E-state index is 12.6. The highest BCUT2D eigenvalue weighted by atomic mass is 16.8. The molecule has 1 N–H and O–H groups in total. The van der Waals surface area contributed by atoms with Gasteiger partial charge in [0, 0.05) is 17.4 Å². The lowest BCUT2D eigenvalue weighted by Gasteiger charge is -2.54. The Balaban J connectivity index is 1.60. The lowest BCUT2D eigenvalue weighted by molar-refractivity contribution is -0.255. The van der Waals surface area contributed by atoms with E-state index in [1.807, 2.05) is 32.9 Å². The Morgan fingerprint density at radius 2 is 1.97 bits per heavy atom. The zero-order chi connectivity index (χ0) is 24.1. The summed E-state index contributed by atoms with van der Waals surface area (Å²) in [6.07, 6.45) is 2.47. The first-order valence-corrected chi connectivity index (χ1v) is 12.3. The van der Waals surface area contributed by atoms with Gasteiger partial charge >= 0.3 is 5.97 Å². The van der Waals surface area contributed by atoms with E-state index in [2.05, 4.69) is 0 Å². The van der Waals surface area contributed by atoms with Crippen LogP contribution in [0.2, 0.25) is 0 Å². The topological polar surface area (TPSA) is 92.7 Å². The van der Waals surface area contributed by atoms with Gasteiger partial charge in [0.25, 0.3) is 0 Å². The Kier molecular flexibility index (Phi) is 6.07. The van der Waals surface area contributed by atoms with E-state index in [9.17, 15) is 9.90 Å². The van der Waals surface area contributed by atoms with E-state index in [-0.39, 0.29) is 43.9 Å². The zero-order valence-electron chi connectivity index (χ0n) is 20.6. The number of rotatable bonds is 7. The van der Waals surface area contributed by atoms with Crippen molar-refractivity contribution in [3.05, 3.63) is 23.3 Å². The Labute approximate surface area is 200 Å². The van der Waals surface area contributed by atoms with Gasteiger partial charge in [-0.05, 0) is 57.6 Å². The molecule has 2 heterocycles. The van der Waals surface area contributed by atoms with E-state index in [1.54, 1.807) is 7.11 Å². The third-order valence-corrected chi connectivity index (χ3v) is 7.91. The molecular formula is C26H36O8. The molecule has 34 heavy (non-hydrogen) atoms. The summed E-state index contributed by atoms with van der Waals surface area (Å²) >= 11 is 0. The molecule has 1 saturated heterocycles. The lowest BCUT2D eigenvalue weighted by Crippen LogP contribution is -2.63. The van der Waals surface area contributed by atoms with Crippen LogP contribution in [0.4, 0.5) is 0 Å². The maximum atomic E-state index is 12.6. The average Bonchev–Trinajstić information content (AvgIpc) is 3.42. The van der Waals surface area contributed by atoms with Crippen molar-refractivity contribution in [3.8, 4) is 11.5 Å². The van der Waals surface area contributed by atoms with E-state index >= 15 is 0 Å². The van der Waals surface area contributed by atoms with Crippen molar-refractivity contribution in [2.24, 2.45) is 11.3 Å². The smallest absolute Gasteiger partial charge is 0.311 e. The summed E-state index contributed by atoms with van der Waals surface area (Å²) < 4.78 is 36.8. The van der Waals surface area contributed by atoms with Crippen LogP contribution < -0.4 is 9.47 Å². The highest BCUT2D eigenvalue weighted by Gasteiger charge is 2.69. The molecule has 0 bridgehead atoms. The van der Waals surface area contributed by atoms with Crippen molar-refractivity contribution < 1.29 is 38.3 Å². The van der Waals surface area contributed by atoms with Crippen molar-refractivity contribution in [2.45, 2.75) is 69.9 Å². The minimum atomic E-state index is -0.829. The number of aliphatic hydroxyl groups is 1. The largest absolute Gasteiger partial charge is 0.493 e. The molecule has 0 radical (unpaired) electrons. The average molecular weight is 477 g/mol. The van der Waals surface area contributed by atoms with Gasteiger partial charge in [0.2, 0.25) is 5.79 Å². The van der Waals surface area contributed by atoms with Gasteiger partial charge in [0.1, 0.15) is 0 Å². The lowest BCUT2D eigenvalue weighted by atomic mass is 9.53. The van der Waals surface area contributed by atoms with Crippen LogP contribution in [0, 0.1) is 11.3 Å². The van der Waals surface area contributed by atoms with E-state index in [0.717, 1.165) is 30.4 Å². The standard InChI is InChI=1S/C26H36O8/c1-24(2,3)23(28)31-11-9-25-16-7-8-26(32-13-14-33-26)22(25)34-21-18(29-4)6-5-17(20(21)25)19(15-16)30-12-10-27/h5-6,16,19,22,27H,7-15H2,1-4H3/t16-,19?,22+,25-/m0/s1. The first-order valence-electron chi connectivity index (χ1n) is 12.3. The summed E-state index contributed by atoms with van der Waals surface area (Å²) in [6, 6.07) is 3.96. The Hall–Kier alpha value is -1.87. The van der Waals surface area contributed by atoms with Crippen LogP contribution in [-0.2, 0) is 29.2 Å². The SMILES string of the molecule is COc1ccc2c3c1O[C@H]1C4(CC[C@@H](CC2OCCO)[C@@]31CCOC(=O)C(C)(C)C)OCCO4. The predicted molar refractivity (Wildman–Crippen MR) is 122 cm³/mol. The molecular weight excluding hydrogens is 440 g/mol. The summed E-state index contributed by atoms with van der Waals surface area (Å²) in [5, 5.41) is 9.39. The maximum Gasteiger partial charge on any atom is 0.311 e. The van der Waals surface area contributed by atoms with Crippen LogP contribution in [0.15, 0.2) is 12.1 Å². The van der Waals surface area contributed by atoms with E-state index in [1.165, 1.54) is 0 Å². The van der Waals surface area contributed by atoms with Crippen molar-refractivity contribution in [2.75, 3.05) is 40.1 Å². The molecule has 188 valence electrons. The molecule has 1 spiro atoms. The van der Waals surface area contributed by atoms with Crippen LogP contribution >= 0.6 is 0 Å². The highest BCUT2D eigenvalue weighted by molar-refractivity contribution is 5.75. The Morgan fingerprint density at radius 3 is 2.65 bits per heavy atom. The van der Waals surface area contributed by atoms with Gasteiger partial charge in [-0.25, -0.2) is 0 Å². The van der Waals surface area contributed by atoms with Crippen LogP contribution in [0.25, 0.3) is 0 Å². The van der Waals surface area contributed by atoms with Gasteiger partial charge in [-0.3, -0.25) is 4.79 Å². The summed E-state index contributed by atoms with van der Waals surface area (Å²) in [5.41, 5.74) is 1.07. The zero-order valence-corrected chi connectivity index (χ0v) is 20.6. The second kappa shape index (κ2) is 8.66. The molecule has 8 heteroatoms. The minimum Gasteiger partial charge on any atom is -0.493 e. The van der Waals surface area contributed by atoms with Crippen LogP contribution in [0.3, 0.4) is 0 Å². The van der Waals surface area contributed by atoms with Crippen LogP contribution in [-0.4, -0.2) is 63.1 Å². The summed E-state index contributed by atoms with van der Waals surface area (Å²) in [7, 11) is 1.64. The van der Waals surface area contributed by atoms with Crippen LogP contribution in [0.1, 0.15) is 63.7 Å². The molecule has 2 aliphatic carbocycles. The number of esters is 1. The number of hydrogen-bond acceptors (Lipinski definition) is 8. The Morgan fingerprint density at radius 1 is 1.21 bits per heavy atom. The fraction of sp³-hybridized carbons (Fsp3) is 0.731. The molecule has 4 aliphatic rings. The first-order chi connectivity index (χ1) is 16.3. The summed E-state index contributed by atoms with van der Waals surface area (Å²) in [4.78, 5) is 12.6. The molecule has 1 aromatic carbocycles. The van der Waals surface area contributed by atoms with Gasteiger partial charge in [-0.2, -0.15) is 0 Å². The predicted octanol–water partition coefficient (Wildman–Crippen LogP) is 3.28. The van der Waals surface area contributed by atoms with Crippen LogP contribution in [0.5, 0.6) is 11.5 Å². The fourth-order valence-corrected chi connectivity index (χ4v) is 6.45. The highest BCUT2D eigenvalue weighted by Crippen LogP contribution is 2.66. The number of fused-ring (bicyclic) bond motifs is 1. The molecule has 1 aromatic rings. The molecule has 8 nitrogen and oxygen atoms in total. The molecule has 1 unspecified atom stereocenters. The molecule has 2 fully saturated rings. The third kappa shape index (κ3) is 3.53. The quantitative estimate of drug-likeness (QED) is 0.600. The number of hydrogen-bond donors (Lipinski definition) is 1. The van der Waals surface area contributed by atoms with Crippen molar-refractivity contribution in [1.29, 1.82) is 0 Å². The van der Waals surface area contributed by atoms with E-state index < -0.39 is 16.6 Å². The number of methoxy groups -OCH3 is 1. The van der Waals surface area contributed by atoms with Gasteiger partial charge in [-0.15, -0.1) is 0 Å². The minimum absolute atomic E-state index is 0.0304. The molecule has 0 aromatic heterocycles. The fourth-order valence-electron chi connectivity index (χ4n) is 6.45. The molecule has 1 saturated carbocycles. The second-order valence-electron chi connectivity index (χ2n) is 10.8. The number of benzene rings is 1. The summed E-state index contributed by atoms with van der Waals surface area (Å²) in [6.45, 7) is 7.16. The van der Waals surface area contributed by atoms with Crippen molar-refractivity contribution in [3.63, 3.8) is 0 Å². The number of carbonyl (C=O) groups excluding carboxylic acids is 1. The number of aliphatic hydroxyl groups excluding tert-OH is 1.